The van der Waals surface area contributed by atoms with Gasteiger partial charge in [-0.05, 0) is 87.7 Å². The summed E-state index contributed by atoms with van der Waals surface area (Å²) in [4.78, 5) is 22.8. The minimum Gasteiger partial charge on any atom is -0.338 e. The van der Waals surface area contributed by atoms with Crippen LogP contribution in [0.15, 0.2) is 36.4 Å². The summed E-state index contributed by atoms with van der Waals surface area (Å²) >= 11 is 0. The molecule has 1 aromatic carbocycles. The number of halogens is 1. The minimum absolute atomic E-state index is 0.119. The molecule has 3 saturated heterocycles. The number of carbonyl (C=O) groups is 1. The molecule has 31 heavy (non-hydrogen) atoms. The Bertz CT molecular complexity index is 977. The Morgan fingerprint density at radius 2 is 1.97 bits per heavy atom. The zero-order valence-electron chi connectivity index (χ0n) is 18.6. The first-order valence-electron chi connectivity index (χ1n) is 11.7. The highest BCUT2D eigenvalue weighted by Crippen LogP contribution is 2.42. The van der Waals surface area contributed by atoms with Crippen molar-refractivity contribution in [2.75, 3.05) is 19.6 Å². The summed E-state index contributed by atoms with van der Waals surface area (Å²) in [6, 6.07) is 11.8. The molecule has 4 atom stereocenters. The summed E-state index contributed by atoms with van der Waals surface area (Å²) in [6.07, 6.45) is 5.76. The van der Waals surface area contributed by atoms with E-state index in [1.165, 1.54) is 31.7 Å². The molecule has 0 radical (unpaired) electrons. The first kappa shape index (κ1) is 20.6. The number of benzene rings is 1. The highest BCUT2D eigenvalue weighted by molar-refractivity contribution is 5.95. The van der Waals surface area contributed by atoms with Crippen LogP contribution in [0.2, 0.25) is 0 Å². The second-order valence-corrected chi connectivity index (χ2v) is 9.75. The molecule has 2 aromatic rings. The molecule has 3 aliphatic rings. The number of piperidine rings is 3. The van der Waals surface area contributed by atoms with E-state index in [-0.39, 0.29) is 11.7 Å². The van der Waals surface area contributed by atoms with Crippen molar-refractivity contribution in [1.82, 2.24) is 14.8 Å². The molecule has 4 heterocycles. The maximum Gasteiger partial charge on any atom is 0.255 e. The normalized spacial score (nSPS) is 28.3. The number of aryl methyl sites for hydroxylation is 2. The van der Waals surface area contributed by atoms with Crippen LogP contribution >= 0.6 is 0 Å². The van der Waals surface area contributed by atoms with Gasteiger partial charge in [-0.15, -0.1) is 0 Å². The Morgan fingerprint density at radius 3 is 2.77 bits per heavy atom. The predicted molar refractivity (Wildman–Crippen MR) is 119 cm³/mol. The van der Waals surface area contributed by atoms with Crippen LogP contribution in [-0.4, -0.2) is 52.4 Å². The van der Waals surface area contributed by atoms with Crippen molar-refractivity contribution in [2.45, 2.75) is 58.0 Å². The predicted octanol–water partition coefficient (Wildman–Crippen LogP) is 4.40. The van der Waals surface area contributed by atoms with E-state index in [1.807, 2.05) is 38.1 Å². The van der Waals surface area contributed by atoms with Gasteiger partial charge in [0.1, 0.15) is 5.82 Å². The first-order valence-corrected chi connectivity index (χ1v) is 11.7. The number of aromatic nitrogens is 1. The molecule has 0 aliphatic carbocycles. The Balaban J connectivity index is 1.42. The molecule has 0 unspecified atom stereocenters. The Morgan fingerprint density at radius 1 is 1.13 bits per heavy atom. The second-order valence-electron chi connectivity index (χ2n) is 9.75. The van der Waals surface area contributed by atoms with Crippen molar-refractivity contribution in [3.05, 3.63) is 64.7 Å². The molecule has 5 heteroatoms. The third-order valence-electron chi connectivity index (χ3n) is 7.70. The Hall–Kier alpha value is -2.27. The largest absolute Gasteiger partial charge is 0.338 e. The fourth-order valence-corrected chi connectivity index (χ4v) is 6.34. The second kappa shape index (κ2) is 8.34. The number of fused-ring (bicyclic) bond motifs is 4. The van der Waals surface area contributed by atoms with Crippen molar-refractivity contribution < 1.29 is 9.18 Å². The van der Waals surface area contributed by atoms with Gasteiger partial charge in [-0.1, -0.05) is 18.6 Å². The summed E-state index contributed by atoms with van der Waals surface area (Å²) in [5.74, 6) is 0.919. The Kier molecular flexibility index (Phi) is 5.55. The summed E-state index contributed by atoms with van der Waals surface area (Å²) in [5.41, 5.74) is 3.55. The lowest BCUT2D eigenvalue weighted by Crippen LogP contribution is -2.64. The highest BCUT2D eigenvalue weighted by atomic mass is 19.1. The van der Waals surface area contributed by atoms with E-state index in [0.29, 0.717) is 23.9 Å². The molecule has 1 amide bonds. The van der Waals surface area contributed by atoms with Crippen molar-refractivity contribution >= 4 is 5.91 Å². The fraction of sp³-hybridized carbons (Fsp3) is 0.538. The molecule has 1 aromatic heterocycles. The SMILES string of the molecule is Cc1ccc(C(=O)N2C[C@H]3C[C@@H](C2)[C@H](Cc2cccc(F)c2)N2CCCC[C@@H]32)c(C)n1. The molecular weight excluding hydrogens is 389 g/mol. The lowest BCUT2D eigenvalue weighted by Gasteiger charge is -2.57. The van der Waals surface area contributed by atoms with E-state index in [1.54, 1.807) is 6.07 Å². The lowest BCUT2D eigenvalue weighted by atomic mass is 9.71. The monoisotopic (exact) mass is 421 g/mol. The van der Waals surface area contributed by atoms with Gasteiger partial charge >= 0.3 is 0 Å². The van der Waals surface area contributed by atoms with E-state index in [4.69, 9.17) is 0 Å². The van der Waals surface area contributed by atoms with Crippen LogP contribution in [0.5, 0.6) is 0 Å². The smallest absolute Gasteiger partial charge is 0.255 e. The number of carbonyl (C=O) groups excluding carboxylic acids is 1. The van der Waals surface area contributed by atoms with E-state index in [2.05, 4.69) is 14.8 Å². The van der Waals surface area contributed by atoms with Crippen LogP contribution in [0.4, 0.5) is 4.39 Å². The maximum atomic E-state index is 13.9. The molecule has 0 saturated carbocycles. The van der Waals surface area contributed by atoms with Crippen LogP contribution < -0.4 is 0 Å². The Labute approximate surface area is 184 Å². The third kappa shape index (κ3) is 4.00. The molecule has 2 bridgehead atoms. The van der Waals surface area contributed by atoms with Gasteiger partial charge in [-0.25, -0.2) is 4.39 Å². The van der Waals surface area contributed by atoms with Gasteiger partial charge in [-0.2, -0.15) is 0 Å². The van der Waals surface area contributed by atoms with E-state index in [0.717, 1.165) is 48.6 Å². The summed E-state index contributed by atoms with van der Waals surface area (Å²) in [7, 11) is 0. The number of hydrogen-bond acceptors (Lipinski definition) is 3. The van der Waals surface area contributed by atoms with Crippen LogP contribution in [0.25, 0.3) is 0 Å². The zero-order chi connectivity index (χ0) is 21.5. The zero-order valence-corrected chi connectivity index (χ0v) is 18.6. The number of pyridine rings is 1. The number of rotatable bonds is 3. The van der Waals surface area contributed by atoms with Crippen LogP contribution in [-0.2, 0) is 6.42 Å². The molecule has 5 rings (SSSR count). The fourth-order valence-electron chi connectivity index (χ4n) is 6.34. The highest BCUT2D eigenvalue weighted by Gasteiger charge is 2.47. The van der Waals surface area contributed by atoms with Crippen molar-refractivity contribution in [2.24, 2.45) is 11.8 Å². The molecule has 3 aliphatic heterocycles. The number of hydrogen-bond donors (Lipinski definition) is 0. The van der Waals surface area contributed by atoms with Gasteiger partial charge in [0.2, 0.25) is 0 Å². The average molecular weight is 422 g/mol. The number of amides is 1. The molecular formula is C26H32FN3O. The third-order valence-corrected chi connectivity index (χ3v) is 7.70. The van der Waals surface area contributed by atoms with Gasteiger partial charge < -0.3 is 4.90 Å². The molecule has 0 spiro atoms. The van der Waals surface area contributed by atoms with E-state index in [9.17, 15) is 9.18 Å². The number of likely N-dealkylation sites (tertiary alicyclic amines) is 1. The molecule has 0 N–H and O–H groups in total. The standard InChI is InChI=1S/C26H32FN3O/c1-17-9-10-23(18(2)28-17)26(31)29-15-20-14-21(16-29)25(30-11-4-3-8-24(20)30)13-19-6-5-7-22(27)12-19/h5-7,9-10,12,20-21,24-25H,3-4,8,11,13-16H2,1-2H3/t20-,21+,24+,25+/m1/s1. The topological polar surface area (TPSA) is 36.4 Å². The van der Waals surface area contributed by atoms with Gasteiger partial charge in [-0.3, -0.25) is 14.7 Å². The molecule has 164 valence electrons. The van der Waals surface area contributed by atoms with Crippen LogP contribution in [0, 0.1) is 31.5 Å². The van der Waals surface area contributed by atoms with Crippen LogP contribution in [0.3, 0.4) is 0 Å². The first-order chi connectivity index (χ1) is 15.0. The quantitative estimate of drug-likeness (QED) is 0.737. The minimum atomic E-state index is -0.163. The van der Waals surface area contributed by atoms with Crippen molar-refractivity contribution in [3.8, 4) is 0 Å². The maximum absolute atomic E-state index is 13.9. The van der Waals surface area contributed by atoms with Crippen molar-refractivity contribution in [3.63, 3.8) is 0 Å². The summed E-state index contributed by atoms with van der Waals surface area (Å²) in [6.45, 7) is 6.65. The van der Waals surface area contributed by atoms with E-state index >= 15 is 0 Å². The average Bonchev–Trinajstić information content (AvgIpc) is 2.76. The molecule has 4 nitrogen and oxygen atoms in total. The van der Waals surface area contributed by atoms with Gasteiger partial charge in [0, 0.05) is 30.9 Å². The summed E-state index contributed by atoms with van der Waals surface area (Å²) < 4.78 is 13.9. The number of nitrogens with zero attached hydrogens (tertiary/aromatic N) is 3. The van der Waals surface area contributed by atoms with Gasteiger partial charge in [0.25, 0.3) is 5.91 Å². The summed E-state index contributed by atoms with van der Waals surface area (Å²) in [5, 5.41) is 0. The van der Waals surface area contributed by atoms with Gasteiger partial charge in [0.05, 0.1) is 11.3 Å². The van der Waals surface area contributed by atoms with Gasteiger partial charge in [0.15, 0.2) is 0 Å². The van der Waals surface area contributed by atoms with Crippen molar-refractivity contribution in [1.29, 1.82) is 0 Å². The van der Waals surface area contributed by atoms with Crippen LogP contribution in [0.1, 0.15) is 53.0 Å². The van der Waals surface area contributed by atoms with E-state index < -0.39 is 0 Å². The molecule has 3 fully saturated rings. The lowest BCUT2D eigenvalue weighted by molar-refractivity contribution is -0.0642.